The lowest BCUT2D eigenvalue weighted by Gasteiger charge is -2.10. The van der Waals surface area contributed by atoms with E-state index in [1.165, 1.54) is 14.2 Å². The van der Waals surface area contributed by atoms with Crippen molar-refractivity contribution >= 4 is 43.0 Å². The van der Waals surface area contributed by atoms with E-state index in [1.54, 1.807) is 0 Å². The Balaban J connectivity index is 2.01. The van der Waals surface area contributed by atoms with Gasteiger partial charge >= 0.3 is 0 Å². The highest BCUT2D eigenvalue weighted by Crippen LogP contribution is 2.32. The fourth-order valence-electron chi connectivity index (χ4n) is 3.55. The first-order chi connectivity index (χ1) is 16.5. The van der Waals surface area contributed by atoms with E-state index in [0.717, 1.165) is 36.4 Å². The molecule has 2 N–H and O–H groups in total. The second-order valence-corrected chi connectivity index (χ2v) is 9.05. The minimum atomic E-state index is -4.80. The maximum absolute atomic E-state index is 13.3. The van der Waals surface area contributed by atoms with Gasteiger partial charge in [0.2, 0.25) is 9.84 Å². The average molecular weight is 502 g/mol. The van der Waals surface area contributed by atoms with Crippen molar-refractivity contribution in [1.82, 2.24) is 9.97 Å². The first-order valence-electron chi connectivity index (χ1n) is 9.52. The summed E-state index contributed by atoms with van der Waals surface area (Å²) in [6.07, 6.45) is 0. The molecule has 0 saturated carbocycles. The predicted molar refractivity (Wildman–Crippen MR) is 121 cm³/mol. The maximum Gasteiger partial charge on any atom is 0.273 e. The van der Waals surface area contributed by atoms with Gasteiger partial charge in [-0.2, -0.15) is 0 Å². The molecule has 0 amide bonds. The molecule has 2 heterocycles. The number of ether oxygens (including phenoxy) is 2. The van der Waals surface area contributed by atoms with Crippen molar-refractivity contribution in [3.05, 3.63) is 77.3 Å². The molecule has 4 aromatic rings. The van der Waals surface area contributed by atoms with Gasteiger partial charge in [0.05, 0.1) is 47.2 Å². The van der Waals surface area contributed by atoms with Crippen LogP contribution in [0.15, 0.2) is 55.8 Å². The first-order valence-corrected chi connectivity index (χ1v) is 11.0. The molecule has 180 valence electrons. The van der Waals surface area contributed by atoms with Crippen LogP contribution in [0.2, 0.25) is 0 Å². The highest BCUT2D eigenvalue weighted by molar-refractivity contribution is 7.91. The van der Waals surface area contributed by atoms with Crippen LogP contribution < -0.4 is 20.6 Å². The third-order valence-electron chi connectivity index (χ3n) is 5.17. The van der Waals surface area contributed by atoms with Crippen molar-refractivity contribution in [3.8, 4) is 11.5 Å². The molecule has 0 radical (unpaired) electrons. The van der Waals surface area contributed by atoms with E-state index in [0.29, 0.717) is 0 Å². The fourth-order valence-corrected chi connectivity index (χ4v) is 4.94. The number of nitrogens with one attached hydrogen (secondary N) is 2. The molecule has 0 fully saturated rings. The van der Waals surface area contributed by atoms with Crippen molar-refractivity contribution in [2.24, 2.45) is 0 Å². The summed E-state index contributed by atoms with van der Waals surface area (Å²) in [5, 5.41) is 22.4. The van der Waals surface area contributed by atoms with E-state index in [-0.39, 0.29) is 33.3 Å². The van der Waals surface area contributed by atoms with E-state index in [1.807, 2.05) is 0 Å². The number of nitrogens with zero attached hydrogens (tertiary/aromatic N) is 2. The van der Waals surface area contributed by atoms with Gasteiger partial charge in [0.25, 0.3) is 22.5 Å². The summed E-state index contributed by atoms with van der Waals surface area (Å²) >= 11 is 0. The fraction of sp³-hybridized carbons (Fsp3) is 0.100. The molecule has 0 aliphatic rings. The molecule has 0 unspecified atom stereocenters. The predicted octanol–water partition coefficient (Wildman–Crippen LogP) is 2.04. The molecular weight excluding hydrogens is 488 g/mol. The van der Waals surface area contributed by atoms with Gasteiger partial charge in [0, 0.05) is 22.9 Å². The van der Waals surface area contributed by atoms with E-state index in [9.17, 15) is 38.2 Å². The highest BCUT2D eigenvalue weighted by Gasteiger charge is 2.28. The Morgan fingerprint density at radius 1 is 0.714 bits per heavy atom. The number of sulfone groups is 1. The summed E-state index contributed by atoms with van der Waals surface area (Å²) in [7, 11) is -2.37. The molecule has 14 nitrogen and oxygen atoms in total. The molecule has 0 bridgehead atoms. The van der Waals surface area contributed by atoms with Crippen LogP contribution in [0.3, 0.4) is 0 Å². The number of nitro benzene ring substituents is 2. The number of aromatic amines is 2. The monoisotopic (exact) mass is 502 g/mol. The Bertz CT molecular complexity index is 1670. The third-order valence-corrected chi connectivity index (χ3v) is 6.94. The van der Waals surface area contributed by atoms with Gasteiger partial charge in [0.1, 0.15) is 21.3 Å². The van der Waals surface area contributed by atoms with Gasteiger partial charge in [-0.05, 0) is 12.1 Å². The van der Waals surface area contributed by atoms with Crippen LogP contribution in [0.5, 0.6) is 11.5 Å². The van der Waals surface area contributed by atoms with Gasteiger partial charge in [-0.3, -0.25) is 29.8 Å². The Labute approximate surface area is 194 Å². The van der Waals surface area contributed by atoms with Crippen LogP contribution in [0.1, 0.15) is 0 Å². The van der Waals surface area contributed by atoms with E-state index in [4.69, 9.17) is 9.47 Å². The lowest BCUT2D eigenvalue weighted by atomic mass is 10.2. The smallest absolute Gasteiger partial charge is 0.273 e. The zero-order valence-electron chi connectivity index (χ0n) is 17.8. The molecule has 0 aliphatic carbocycles. The van der Waals surface area contributed by atoms with Gasteiger partial charge in [-0.1, -0.05) is 0 Å². The van der Waals surface area contributed by atoms with Crippen LogP contribution >= 0.6 is 0 Å². The molecule has 35 heavy (non-hydrogen) atoms. The number of aromatic nitrogens is 2. The standard InChI is InChI=1S/C20H14N4O10S/c1-33-13-7-11(23(27)28)3-9-5-15(19(25)21-17(9)13)35(31,32)16-6-10-4-12(24(29)30)8-14(34-2)18(10)22-20(16)26/h3-8H,1-2H3,(H,21,25)(H,22,26). The number of hydrogen-bond donors (Lipinski definition) is 2. The summed E-state index contributed by atoms with van der Waals surface area (Å²) in [6, 6.07) is 5.95. The summed E-state index contributed by atoms with van der Waals surface area (Å²) in [5.41, 5.74) is -3.05. The molecule has 0 atom stereocenters. The largest absolute Gasteiger partial charge is 0.494 e. The molecule has 2 aromatic heterocycles. The van der Waals surface area contributed by atoms with Crippen LogP contribution in [0.25, 0.3) is 21.8 Å². The van der Waals surface area contributed by atoms with Gasteiger partial charge in [-0.15, -0.1) is 0 Å². The van der Waals surface area contributed by atoms with Crippen molar-refractivity contribution in [1.29, 1.82) is 0 Å². The minimum Gasteiger partial charge on any atom is -0.494 e. The summed E-state index contributed by atoms with van der Waals surface area (Å²) < 4.78 is 36.8. The number of rotatable bonds is 6. The van der Waals surface area contributed by atoms with Gasteiger partial charge < -0.3 is 19.4 Å². The van der Waals surface area contributed by atoms with Crippen LogP contribution in [0.4, 0.5) is 11.4 Å². The summed E-state index contributed by atoms with van der Waals surface area (Å²) in [6.45, 7) is 0. The van der Waals surface area contributed by atoms with Crippen molar-refractivity contribution in [3.63, 3.8) is 0 Å². The zero-order valence-corrected chi connectivity index (χ0v) is 18.7. The van der Waals surface area contributed by atoms with Gasteiger partial charge in [-0.25, -0.2) is 8.42 Å². The molecule has 15 heteroatoms. The quantitative estimate of drug-likeness (QED) is 0.290. The number of H-pyrrole nitrogens is 2. The number of hydrogen-bond acceptors (Lipinski definition) is 10. The highest BCUT2D eigenvalue weighted by atomic mass is 32.2. The summed E-state index contributed by atoms with van der Waals surface area (Å²) in [4.78, 5) is 49.3. The van der Waals surface area contributed by atoms with Crippen LogP contribution in [0, 0.1) is 20.2 Å². The lowest BCUT2D eigenvalue weighted by Crippen LogP contribution is -2.23. The van der Waals surface area contributed by atoms with Crippen LogP contribution in [-0.4, -0.2) is 42.5 Å². The number of nitro groups is 2. The van der Waals surface area contributed by atoms with Crippen molar-refractivity contribution in [2.45, 2.75) is 9.79 Å². The second-order valence-electron chi connectivity index (χ2n) is 7.17. The SMILES string of the molecule is COc1cc([N+](=O)[O-])cc2cc(S(=O)(=O)c3cc4cc([N+](=O)[O-])cc(OC)c4[nH]c3=O)c(=O)[nH]c12. The Kier molecular flexibility index (Phi) is 5.48. The molecule has 4 rings (SSSR count). The number of methoxy groups -OCH3 is 2. The lowest BCUT2D eigenvalue weighted by molar-refractivity contribution is -0.385. The van der Waals surface area contributed by atoms with Gasteiger partial charge in [0.15, 0.2) is 0 Å². The molecular formula is C20H14N4O10S. The Morgan fingerprint density at radius 3 is 1.40 bits per heavy atom. The molecule has 0 saturated heterocycles. The topological polar surface area (TPSA) is 205 Å². The molecule has 0 aliphatic heterocycles. The number of benzene rings is 2. The number of fused-ring (bicyclic) bond motifs is 2. The van der Waals surface area contributed by atoms with Crippen molar-refractivity contribution < 1.29 is 27.7 Å². The number of non-ortho nitro benzene ring substituents is 2. The Hall–Kier alpha value is -4.79. The Morgan fingerprint density at radius 2 is 1.09 bits per heavy atom. The van der Waals surface area contributed by atoms with E-state index in [2.05, 4.69) is 9.97 Å². The van der Waals surface area contributed by atoms with Crippen molar-refractivity contribution in [2.75, 3.05) is 14.2 Å². The van der Waals surface area contributed by atoms with E-state index >= 15 is 0 Å². The maximum atomic E-state index is 13.3. The summed E-state index contributed by atoms with van der Waals surface area (Å²) in [5.74, 6) is -0.142. The van der Waals surface area contributed by atoms with E-state index < -0.39 is 52.0 Å². The number of pyridine rings is 2. The third kappa shape index (κ3) is 3.82. The normalized spacial score (nSPS) is 11.5. The minimum absolute atomic E-state index is 0.00910. The first kappa shape index (κ1) is 23.4. The molecule has 2 aromatic carbocycles. The molecule has 0 spiro atoms. The second kappa shape index (κ2) is 8.21. The van der Waals surface area contributed by atoms with Crippen LogP contribution in [-0.2, 0) is 9.84 Å². The zero-order chi connectivity index (χ0) is 25.7. The average Bonchev–Trinajstić information content (AvgIpc) is 2.81.